The van der Waals surface area contributed by atoms with Crippen molar-refractivity contribution >= 4 is 5.91 Å². The van der Waals surface area contributed by atoms with Crippen molar-refractivity contribution in [3.05, 3.63) is 35.4 Å². The van der Waals surface area contributed by atoms with Crippen molar-refractivity contribution in [1.29, 1.82) is 0 Å². The first kappa shape index (κ1) is 14.6. The second kappa shape index (κ2) is 6.44. The average molecular weight is 256 g/mol. The van der Waals surface area contributed by atoms with Gasteiger partial charge < -0.3 is 11.1 Å². The number of carbonyl (C=O) groups excluding carboxylic acids is 1. The zero-order chi connectivity index (χ0) is 13.7. The number of hydrogen-bond acceptors (Lipinski definition) is 2. The highest BCUT2D eigenvalue weighted by Crippen LogP contribution is 2.14. The number of amides is 1. The fraction of sp³-hybridized carbons (Fsp3) is 0.462. The third kappa shape index (κ3) is 3.77. The number of nitrogens with two attached hydrogens (primary N) is 1. The van der Waals surface area contributed by atoms with Crippen LogP contribution in [-0.4, -0.2) is 18.0 Å². The lowest BCUT2D eigenvalue weighted by atomic mass is 10.1. The minimum Gasteiger partial charge on any atom is -0.352 e. The molecule has 0 fully saturated rings. The largest absolute Gasteiger partial charge is 0.352 e. The van der Waals surface area contributed by atoms with Gasteiger partial charge in [0.2, 0.25) is 5.91 Å². The molecule has 1 amide bonds. The Balaban J connectivity index is 2.65. The van der Waals surface area contributed by atoms with Crippen molar-refractivity contribution in [3.63, 3.8) is 0 Å². The molecule has 0 bridgehead atoms. The zero-order valence-electron chi connectivity index (χ0n) is 10.5. The van der Waals surface area contributed by atoms with Crippen LogP contribution in [0.4, 0.5) is 8.78 Å². The maximum absolute atomic E-state index is 13.4. The van der Waals surface area contributed by atoms with Crippen molar-refractivity contribution in [2.24, 2.45) is 5.73 Å². The Hall–Kier alpha value is -1.49. The summed E-state index contributed by atoms with van der Waals surface area (Å²) in [6.45, 7) is 3.48. The van der Waals surface area contributed by atoms with Crippen molar-refractivity contribution in [3.8, 4) is 0 Å². The van der Waals surface area contributed by atoms with Crippen molar-refractivity contribution in [2.75, 3.05) is 0 Å². The second-order valence-electron chi connectivity index (χ2n) is 4.33. The Morgan fingerprint density at radius 2 is 1.94 bits per heavy atom. The van der Waals surface area contributed by atoms with Crippen LogP contribution in [0.5, 0.6) is 0 Å². The summed E-state index contributed by atoms with van der Waals surface area (Å²) in [6.07, 6.45) is 0.618. The van der Waals surface area contributed by atoms with E-state index in [1.807, 2.05) is 0 Å². The standard InChI is InChI=1S/C13H18F2N2O/c1-3-12(16)13(18)17-8(2)7-9-10(14)5-4-6-11(9)15/h4-6,8,12H,3,7,16H2,1-2H3,(H,17,18)/t8?,12-/m0/s1. The van der Waals surface area contributed by atoms with Gasteiger partial charge in [-0.2, -0.15) is 0 Å². The van der Waals surface area contributed by atoms with Crippen molar-refractivity contribution in [2.45, 2.75) is 38.8 Å². The minimum absolute atomic E-state index is 0.0182. The van der Waals surface area contributed by atoms with Crippen LogP contribution in [0.15, 0.2) is 18.2 Å². The number of hydrogen-bond donors (Lipinski definition) is 2. The molecule has 0 saturated carbocycles. The minimum atomic E-state index is -0.601. The van der Waals surface area contributed by atoms with Gasteiger partial charge in [-0.15, -0.1) is 0 Å². The Morgan fingerprint density at radius 1 is 1.39 bits per heavy atom. The molecule has 3 nitrogen and oxygen atoms in total. The van der Waals surface area contributed by atoms with Gasteiger partial charge in [0.1, 0.15) is 11.6 Å². The molecule has 5 heteroatoms. The molecule has 0 radical (unpaired) electrons. The smallest absolute Gasteiger partial charge is 0.237 e. The van der Waals surface area contributed by atoms with E-state index in [2.05, 4.69) is 5.32 Å². The first-order valence-corrected chi connectivity index (χ1v) is 5.94. The molecule has 0 aliphatic heterocycles. The summed E-state index contributed by atoms with van der Waals surface area (Å²) in [5.74, 6) is -1.51. The van der Waals surface area contributed by atoms with E-state index in [-0.39, 0.29) is 23.9 Å². The van der Waals surface area contributed by atoms with Gasteiger partial charge in [0, 0.05) is 11.6 Å². The van der Waals surface area contributed by atoms with Crippen LogP contribution in [0.2, 0.25) is 0 Å². The van der Waals surface area contributed by atoms with Crippen LogP contribution in [0.3, 0.4) is 0 Å². The van der Waals surface area contributed by atoms with Gasteiger partial charge in [-0.25, -0.2) is 8.78 Å². The second-order valence-corrected chi connectivity index (χ2v) is 4.33. The van der Waals surface area contributed by atoms with Crippen LogP contribution in [0.1, 0.15) is 25.8 Å². The van der Waals surface area contributed by atoms with Crippen LogP contribution in [0, 0.1) is 11.6 Å². The van der Waals surface area contributed by atoms with Crippen LogP contribution < -0.4 is 11.1 Å². The molecule has 3 N–H and O–H groups in total. The van der Waals surface area contributed by atoms with Crippen LogP contribution >= 0.6 is 0 Å². The molecule has 1 aromatic rings. The zero-order valence-corrected chi connectivity index (χ0v) is 10.5. The van der Waals surface area contributed by atoms with Gasteiger partial charge >= 0.3 is 0 Å². The molecule has 0 saturated heterocycles. The number of carbonyl (C=O) groups is 1. The summed E-state index contributed by atoms with van der Waals surface area (Å²) < 4.78 is 26.8. The molecule has 1 rings (SSSR count). The predicted molar refractivity (Wildman–Crippen MR) is 65.9 cm³/mol. The molecule has 100 valence electrons. The normalized spacial score (nSPS) is 14.1. The lowest BCUT2D eigenvalue weighted by Crippen LogP contribution is -2.44. The summed E-state index contributed by atoms with van der Waals surface area (Å²) in [5, 5.41) is 2.64. The molecule has 0 spiro atoms. The fourth-order valence-electron chi connectivity index (χ4n) is 1.62. The van der Waals surface area contributed by atoms with Gasteiger partial charge in [0.25, 0.3) is 0 Å². The van der Waals surface area contributed by atoms with Crippen LogP contribution in [-0.2, 0) is 11.2 Å². The average Bonchev–Trinajstić information content (AvgIpc) is 2.32. The molecular formula is C13H18F2N2O. The monoisotopic (exact) mass is 256 g/mol. The van der Waals surface area contributed by atoms with Gasteiger partial charge in [-0.05, 0) is 31.9 Å². The van der Waals surface area contributed by atoms with E-state index in [4.69, 9.17) is 5.73 Å². The Labute approximate surface area is 105 Å². The van der Waals surface area contributed by atoms with Crippen molar-refractivity contribution < 1.29 is 13.6 Å². The summed E-state index contributed by atoms with van der Waals surface area (Å²) >= 11 is 0. The Bertz CT molecular complexity index is 403. The molecule has 0 heterocycles. The molecule has 1 unspecified atom stereocenters. The maximum Gasteiger partial charge on any atom is 0.237 e. The SMILES string of the molecule is CC[C@H](N)C(=O)NC(C)Cc1c(F)cccc1F. The van der Waals surface area contributed by atoms with E-state index in [0.29, 0.717) is 6.42 Å². The number of rotatable bonds is 5. The van der Waals surface area contributed by atoms with Gasteiger partial charge in [0.15, 0.2) is 0 Å². The van der Waals surface area contributed by atoms with E-state index in [0.717, 1.165) is 0 Å². The lowest BCUT2D eigenvalue weighted by Gasteiger charge is -2.17. The number of nitrogens with one attached hydrogen (secondary N) is 1. The quantitative estimate of drug-likeness (QED) is 0.843. The molecule has 0 aromatic heterocycles. The lowest BCUT2D eigenvalue weighted by molar-refractivity contribution is -0.123. The third-order valence-electron chi connectivity index (χ3n) is 2.74. The first-order chi connectivity index (χ1) is 8.45. The summed E-state index contributed by atoms with van der Waals surface area (Å²) in [7, 11) is 0. The predicted octanol–water partition coefficient (Wildman–Crippen LogP) is 1.75. The van der Waals surface area contributed by atoms with E-state index in [1.165, 1.54) is 18.2 Å². The van der Waals surface area contributed by atoms with E-state index >= 15 is 0 Å². The molecule has 18 heavy (non-hydrogen) atoms. The summed E-state index contributed by atoms with van der Waals surface area (Å²) in [5.41, 5.74) is 5.54. The van der Waals surface area contributed by atoms with Gasteiger partial charge in [-0.1, -0.05) is 13.0 Å². The Kier molecular flexibility index (Phi) is 5.22. The first-order valence-electron chi connectivity index (χ1n) is 5.94. The summed E-state index contributed by atoms with van der Waals surface area (Å²) in [6, 6.07) is 2.75. The number of benzene rings is 1. The van der Waals surface area contributed by atoms with Gasteiger partial charge in [-0.3, -0.25) is 4.79 Å². The van der Waals surface area contributed by atoms with Gasteiger partial charge in [0.05, 0.1) is 6.04 Å². The fourth-order valence-corrected chi connectivity index (χ4v) is 1.62. The Morgan fingerprint density at radius 3 is 2.44 bits per heavy atom. The van der Waals surface area contributed by atoms with E-state index in [9.17, 15) is 13.6 Å². The highest BCUT2D eigenvalue weighted by atomic mass is 19.1. The van der Waals surface area contributed by atoms with Crippen molar-refractivity contribution in [1.82, 2.24) is 5.32 Å². The molecule has 1 aromatic carbocycles. The highest BCUT2D eigenvalue weighted by Gasteiger charge is 2.17. The highest BCUT2D eigenvalue weighted by molar-refractivity contribution is 5.81. The third-order valence-corrected chi connectivity index (χ3v) is 2.74. The van der Waals surface area contributed by atoms with E-state index < -0.39 is 17.7 Å². The maximum atomic E-state index is 13.4. The molecule has 2 atom stereocenters. The molecule has 0 aliphatic carbocycles. The van der Waals surface area contributed by atoms with Crippen LogP contribution in [0.25, 0.3) is 0 Å². The summed E-state index contributed by atoms with van der Waals surface area (Å²) in [4.78, 5) is 11.5. The number of halogens is 2. The molecular weight excluding hydrogens is 238 g/mol. The molecule has 0 aliphatic rings. The van der Waals surface area contributed by atoms with E-state index in [1.54, 1.807) is 13.8 Å². The topological polar surface area (TPSA) is 55.1 Å².